The van der Waals surface area contributed by atoms with Crippen LogP contribution in [0.1, 0.15) is 46.5 Å². The summed E-state index contributed by atoms with van der Waals surface area (Å²) in [5.74, 6) is 1.82. The standard InChI is InChI=1S/C15H30N4O/c1-11(2)14(20)17-9-10-18-15(16-4)19-13-7-5-12(3)6-8-13/h11-13H,5-10H2,1-4H3,(H,17,20)(H2,16,18,19). The predicted molar refractivity (Wildman–Crippen MR) is 83.8 cm³/mol. The fourth-order valence-electron chi connectivity index (χ4n) is 2.36. The third-order valence-electron chi connectivity index (χ3n) is 3.82. The van der Waals surface area contributed by atoms with Crippen molar-refractivity contribution in [2.75, 3.05) is 20.1 Å². The number of amides is 1. The highest BCUT2D eigenvalue weighted by Gasteiger charge is 2.18. The third kappa shape index (κ3) is 6.26. The van der Waals surface area contributed by atoms with Gasteiger partial charge in [-0.1, -0.05) is 20.8 Å². The lowest BCUT2D eigenvalue weighted by atomic mass is 9.87. The van der Waals surface area contributed by atoms with Crippen LogP contribution in [-0.2, 0) is 4.79 Å². The molecule has 116 valence electrons. The minimum Gasteiger partial charge on any atom is -0.355 e. The molecule has 0 saturated heterocycles. The van der Waals surface area contributed by atoms with E-state index in [0.717, 1.165) is 11.9 Å². The van der Waals surface area contributed by atoms with Crippen molar-refractivity contribution in [1.29, 1.82) is 0 Å². The first kappa shape index (κ1) is 16.8. The zero-order valence-corrected chi connectivity index (χ0v) is 13.3. The van der Waals surface area contributed by atoms with Gasteiger partial charge < -0.3 is 16.0 Å². The molecule has 1 aliphatic rings. The molecule has 1 amide bonds. The zero-order chi connectivity index (χ0) is 15.0. The minimum absolute atomic E-state index is 0.0386. The number of guanidine groups is 1. The SMILES string of the molecule is CN=C(NCCNC(=O)C(C)C)NC1CCC(C)CC1. The fraction of sp³-hybridized carbons (Fsp3) is 0.867. The number of carbonyl (C=O) groups excluding carboxylic acids is 1. The Kier molecular flexibility index (Phi) is 7.41. The van der Waals surface area contributed by atoms with E-state index in [1.54, 1.807) is 7.05 Å². The van der Waals surface area contributed by atoms with E-state index in [1.807, 2.05) is 13.8 Å². The van der Waals surface area contributed by atoms with Crippen LogP contribution < -0.4 is 16.0 Å². The summed E-state index contributed by atoms with van der Waals surface area (Å²) >= 11 is 0. The molecule has 1 aliphatic carbocycles. The van der Waals surface area contributed by atoms with E-state index in [4.69, 9.17) is 0 Å². The third-order valence-corrected chi connectivity index (χ3v) is 3.82. The van der Waals surface area contributed by atoms with Crippen molar-refractivity contribution in [3.8, 4) is 0 Å². The number of hydrogen-bond donors (Lipinski definition) is 3. The first-order valence-corrected chi connectivity index (χ1v) is 7.77. The second-order valence-electron chi connectivity index (χ2n) is 6.05. The summed E-state index contributed by atoms with van der Waals surface area (Å²) in [6, 6.07) is 0.530. The summed E-state index contributed by atoms with van der Waals surface area (Å²) < 4.78 is 0. The van der Waals surface area contributed by atoms with Crippen LogP contribution in [0.3, 0.4) is 0 Å². The molecule has 20 heavy (non-hydrogen) atoms. The van der Waals surface area contributed by atoms with Gasteiger partial charge in [-0.05, 0) is 31.6 Å². The molecule has 5 heteroatoms. The summed E-state index contributed by atoms with van der Waals surface area (Å²) in [4.78, 5) is 15.7. The molecule has 1 rings (SSSR count). The molecule has 0 atom stereocenters. The molecular weight excluding hydrogens is 252 g/mol. The van der Waals surface area contributed by atoms with Gasteiger partial charge in [-0.2, -0.15) is 0 Å². The van der Waals surface area contributed by atoms with E-state index in [9.17, 15) is 4.79 Å². The number of aliphatic imine (C=N–C) groups is 1. The Morgan fingerprint density at radius 3 is 2.30 bits per heavy atom. The molecule has 1 fully saturated rings. The van der Waals surface area contributed by atoms with Crippen LogP contribution in [-0.4, -0.2) is 38.0 Å². The topological polar surface area (TPSA) is 65.5 Å². The van der Waals surface area contributed by atoms with Crippen molar-refractivity contribution in [2.24, 2.45) is 16.8 Å². The first-order valence-electron chi connectivity index (χ1n) is 7.77. The molecule has 3 N–H and O–H groups in total. The summed E-state index contributed by atoms with van der Waals surface area (Å²) in [6.07, 6.45) is 5.01. The van der Waals surface area contributed by atoms with Crippen LogP contribution in [0.4, 0.5) is 0 Å². The molecule has 5 nitrogen and oxygen atoms in total. The van der Waals surface area contributed by atoms with Crippen LogP contribution in [0.2, 0.25) is 0 Å². The Morgan fingerprint density at radius 1 is 1.15 bits per heavy atom. The van der Waals surface area contributed by atoms with Crippen molar-refractivity contribution >= 4 is 11.9 Å². The average molecular weight is 282 g/mol. The molecule has 0 aromatic rings. The highest BCUT2D eigenvalue weighted by molar-refractivity contribution is 5.80. The van der Waals surface area contributed by atoms with Crippen molar-refractivity contribution < 1.29 is 4.79 Å². The van der Waals surface area contributed by atoms with E-state index in [1.165, 1.54) is 25.7 Å². The van der Waals surface area contributed by atoms with Gasteiger partial charge >= 0.3 is 0 Å². The molecule has 1 saturated carbocycles. The summed E-state index contributed by atoms with van der Waals surface area (Å²) in [7, 11) is 1.79. The van der Waals surface area contributed by atoms with Crippen LogP contribution in [0.25, 0.3) is 0 Å². The largest absolute Gasteiger partial charge is 0.355 e. The van der Waals surface area contributed by atoms with E-state index in [-0.39, 0.29) is 11.8 Å². The number of nitrogens with one attached hydrogen (secondary N) is 3. The quantitative estimate of drug-likeness (QED) is 0.407. The molecule has 0 heterocycles. The van der Waals surface area contributed by atoms with E-state index in [0.29, 0.717) is 19.1 Å². The van der Waals surface area contributed by atoms with Gasteiger partial charge in [-0.25, -0.2) is 0 Å². The van der Waals surface area contributed by atoms with Crippen molar-refractivity contribution in [3.05, 3.63) is 0 Å². The lowest BCUT2D eigenvalue weighted by Gasteiger charge is -2.28. The highest BCUT2D eigenvalue weighted by atomic mass is 16.1. The average Bonchev–Trinajstić information content (AvgIpc) is 2.43. The minimum atomic E-state index is 0.0386. The maximum atomic E-state index is 11.4. The molecule has 0 radical (unpaired) electrons. The molecule has 0 aromatic heterocycles. The number of hydrogen-bond acceptors (Lipinski definition) is 2. The Morgan fingerprint density at radius 2 is 1.75 bits per heavy atom. The Labute approximate surface area is 123 Å². The van der Waals surface area contributed by atoms with Crippen LogP contribution in [0.5, 0.6) is 0 Å². The van der Waals surface area contributed by atoms with Crippen LogP contribution >= 0.6 is 0 Å². The molecule has 0 aromatic carbocycles. The van der Waals surface area contributed by atoms with Gasteiger partial charge in [0.2, 0.25) is 5.91 Å². The molecular formula is C15H30N4O. The van der Waals surface area contributed by atoms with Gasteiger partial charge in [0.05, 0.1) is 0 Å². The normalized spacial score (nSPS) is 23.6. The lowest BCUT2D eigenvalue weighted by molar-refractivity contribution is -0.123. The van der Waals surface area contributed by atoms with Crippen molar-refractivity contribution in [1.82, 2.24) is 16.0 Å². The van der Waals surface area contributed by atoms with Gasteiger partial charge in [-0.15, -0.1) is 0 Å². The molecule has 0 aliphatic heterocycles. The first-order chi connectivity index (χ1) is 9.52. The zero-order valence-electron chi connectivity index (χ0n) is 13.3. The molecule has 0 bridgehead atoms. The van der Waals surface area contributed by atoms with Gasteiger partial charge in [0.1, 0.15) is 0 Å². The number of carbonyl (C=O) groups is 1. The van der Waals surface area contributed by atoms with Crippen LogP contribution in [0, 0.1) is 11.8 Å². The number of rotatable bonds is 5. The second kappa shape index (κ2) is 8.82. The van der Waals surface area contributed by atoms with Gasteiger partial charge in [0.15, 0.2) is 5.96 Å². The maximum Gasteiger partial charge on any atom is 0.222 e. The highest BCUT2D eigenvalue weighted by Crippen LogP contribution is 2.23. The van der Waals surface area contributed by atoms with E-state index in [2.05, 4.69) is 27.9 Å². The Hall–Kier alpha value is -1.26. The summed E-state index contributed by atoms with van der Waals surface area (Å²) in [5.41, 5.74) is 0. The predicted octanol–water partition coefficient (Wildman–Crippen LogP) is 1.50. The Balaban J connectivity index is 2.18. The van der Waals surface area contributed by atoms with Gasteiger partial charge in [-0.3, -0.25) is 9.79 Å². The van der Waals surface area contributed by atoms with E-state index < -0.39 is 0 Å². The Bertz CT molecular complexity index is 320. The second-order valence-corrected chi connectivity index (χ2v) is 6.05. The lowest BCUT2D eigenvalue weighted by Crippen LogP contribution is -2.46. The van der Waals surface area contributed by atoms with Crippen molar-refractivity contribution in [2.45, 2.75) is 52.5 Å². The smallest absolute Gasteiger partial charge is 0.222 e. The summed E-state index contributed by atoms with van der Waals surface area (Å²) in [5, 5.41) is 9.60. The molecule has 0 unspecified atom stereocenters. The summed E-state index contributed by atoms with van der Waals surface area (Å²) in [6.45, 7) is 7.43. The van der Waals surface area contributed by atoms with Gasteiger partial charge in [0, 0.05) is 32.1 Å². The van der Waals surface area contributed by atoms with Gasteiger partial charge in [0.25, 0.3) is 0 Å². The fourth-order valence-corrected chi connectivity index (χ4v) is 2.36. The van der Waals surface area contributed by atoms with Crippen molar-refractivity contribution in [3.63, 3.8) is 0 Å². The van der Waals surface area contributed by atoms with Crippen LogP contribution in [0.15, 0.2) is 4.99 Å². The maximum absolute atomic E-state index is 11.4. The monoisotopic (exact) mass is 282 g/mol. The number of nitrogens with zero attached hydrogens (tertiary/aromatic N) is 1. The molecule has 0 spiro atoms. The van der Waals surface area contributed by atoms with E-state index >= 15 is 0 Å².